The fraction of sp³-hybridized carbons (Fsp3) is 1.00. The molecule has 1 aliphatic rings. The lowest BCUT2D eigenvalue weighted by molar-refractivity contribution is 0.104. The summed E-state index contributed by atoms with van der Waals surface area (Å²) in [5.41, 5.74) is 0. The Morgan fingerprint density at radius 2 is 2.19 bits per heavy atom. The summed E-state index contributed by atoms with van der Waals surface area (Å²) in [6.45, 7) is 4.55. The molecule has 0 bridgehead atoms. The molecule has 0 amide bonds. The van der Waals surface area contributed by atoms with Gasteiger partial charge in [0, 0.05) is 38.7 Å². The predicted octanol–water partition coefficient (Wildman–Crippen LogP) is 1.91. The minimum Gasteiger partial charge on any atom is -0.385 e. The highest BCUT2D eigenvalue weighted by Gasteiger charge is 2.12. The summed E-state index contributed by atoms with van der Waals surface area (Å²) >= 11 is 2.12. The van der Waals surface area contributed by atoms with Crippen molar-refractivity contribution in [1.29, 1.82) is 0 Å². The molecule has 1 atom stereocenters. The number of ether oxygens (including phenoxy) is 2. The number of methoxy groups -OCH3 is 1. The normalized spacial score (nSPS) is 21.2. The summed E-state index contributed by atoms with van der Waals surface area (Å²) in [7, 11) is 1.73. The van der Waals surface area contributed by atoms with Crippen LogP contribution in [0.4, 0.5) is 0 Å². The minimum atomic E-state index is 0.798. The fourth-order valence-corrected chi connectivity index (χ4v) is 3.06. The lowest BCUT2D eigenvalue weighted by atomic mass is 10.2. The highest BCUT2D eigenvalue weighted by molar-refractivity contribution is 7.99. The van der Waals surface area contributed by atoms with Crippen molar-refractivity contribution < 1.29 is 9.47 Å². The summed E-state index contributed by atoms with van der Waals surface area (Å²) in [5, 5.41) is 4.30. The van der Waals surface area contributed by atoms with Crippen LogP contribution in [0, 0.1) is 0 Å². The van der Waals surface area contributed by atoms with Crippen LogP contribution in [0.3, 0.4) is 0 Å². The minimum absolute atomic E-state index is 0.798. The first-order valence-electron chi connectivity index (χ1n) is 6.32. The molecule has 1 saturated heterocycles. The third-order valence-electron chi connectivity index (χ3n) is 2.71. The molecule has 4 heteroatoms. The number of hydrogen-bond donors (Lipinski definition) is 1. The van der Waals surface area contributed by atoms with E-state index in [9.17, 15) is 0 Å². The van der Waals surface area contributed by atoms with Gasteiger partial charge in [-0.1, -0.05) is 6.42 Å². The Morgan fingerprint density at radius 1 is 1.25 bits per heavy atom. The lowest BCUT2D eigenvalue weighted by Gasteiger charge is -2.21. The van der Waals surface area contributed by atoms with Crippen LogP contribution in [0.1, 0.15) is 25.7 Å². The molecule has 0 aromatic carbocycles. The molecule has 0 aromatic rings. The summed E-state index contributed by atoms with van der Waals surface area (Å²) in [6, 6.07) is 0. The molecule has 1 aliphatic heterocycles. The zero-order valence-electron chi connectivity index (χ0n) is 10.4. The van der Waals surface area contributed by atoms with Crippen molar-refractivity contribution >= 4 is 11.8 Å². The monoisotopic (exact) mass is 247 g/mol. The predicted molar refractivity (Wildman–Crippen MR) is 70.3 cm³/mol. The van der Waals surface area contributed by atoms with E-state index in [0.29, 0.717) is 0 Å². The van der Waals surface area contributed by atoms with Crippen molar-refractivity contribution in [2.45, 2.75) is 30.9 Å². The average Bonchev–Trinajstić information content (AvgIpc) is 2.34. The van der Waals surface area contributed by atoms with E-state index in [1.807, 2.05) is 0 Å². The van der Waals surface area contributed by atoms with Crippen LogP contribution in [0.15, 0.2) is 0 Å². The Morgan fingerprint density at radius 3 is 2.94 bits per heavy atom. The second-order valence-electron chi connectivity index (χ2n) is 4.15. The first-order valence-corrected chi connectivity index (χ1v) is 7.37. The molecular weight excluding hydrogens is 222 g/mol. The van der Waals surface area contributed by atoms with Crippen LogP contribution in [0.2, 0.25) is 0 Å². The highest BCUT2D eigenvalue weighted by Crippen LogP contribution is 2.23. The first-order chi connectivity index (χ1) is 7.93. The summed E-state index contributed by atoms with van der Waals surface area (Å²) in [5.74, 6) is 1.35. The fourth-order valence-electron chi connectivity index (χ4n) is 1.78. The zero-order chi connectivity index (χ0) is 11.5. The van der Waals surface area contributed by atoms with Crippen LogP contribution in [-0.4, -0.2) is 51.0 Å². The molecule has 0 aliphatic carbocycles. The third-order valence-corrected chi connectivity index (χ3v) is 4.10. The van der Waals surface area contributed by atoms with Gasteiger partial charge in [-0.05, 0) is 25.0 Å². The SMILES string of the molecule is COCCCOCCNCC1CCCCS1. The second-order valence-corrected chi connectivity index (χ2v) is 5.56. The molecule has 0 aromatic heterocycles. The van der Waals surface area contributed by atoms with Gasteiger partial charge in [-0.25, -0.2) is 0 Å². The third kappa shape index (κ3) is 7.49. The van der Waals surface area contributed by atoms with Crippen LogP contribution in [-0.2, 0) is 9.47 Å². The Bertz CT molecular complexity index is 152. The van der Waals surface area contributed by atoms with Gasteiger partial charge in [-0.2, -0.15) is 11.8 Å². The Labute approximate surface area is 104 Å². The van der Waals surface area contributed by atoms with E-state index in [1.165, 1.54) is 25.0 Å². The topological polar surface area (TPSA) is 30.5 Å². The number of nitrogens with one attached hydrogen (secondary N) is 1. The van der Waals surface area contributed by atoms with Crippen molar-refractivity contribution in [1.82, 2.24) is 5.32 Å². The largest absolute Gasteiger partial charge is 0.385 e. The van der Waals surface area contributed by atoms with Crippen molar-refractivity contribution in [3.8, 4) is 0 Å². The van der Waals surface area contributed by atoms with Gasteiger partial charge in [0.25, 0.3) is 0 Å². The van der Waals surface area contributed by atoms with Crippen molar-refractivity contribution in [2.75, 3.05) is 45.8 Å². The van der Waals surface area contributed by atoms with E-state index in [0.717, 1.165) is 44.6 Å². The smallest absolute Gasteiger partial charge is 0.0590 e. The van der Waals surface area contributed by atoms with Crippen molar-refractivity contribution in [3.05, 3.63) is 0 Å². The summed E-state index contributed by atoms with van der Waals surface area (Å²) in [6.07, 6.45) is 5.19. The van der Waals surface area contributed by atoms with Crippen LogP contribution < -0.4 is 5.32 Å². The molecule has 1 heterocycles. The molecule has 0 radical (unpaired) electrons. The maximum Gasteiger partial charge on any atom is 0.0590 e. The maximum atomic E-state index is 5.48. The maximum absolute atomic E-state index is 5.48. The van der Waals surface area contributed by atoms with E-state index in [2.05, 4.69) is 17.1 Å². The van der Waals surface area contributed by atoms with E-state index in [4.69, 9.17) is 9.47 Å². The summed E-state index contributed by atoms with van der Waals surface area (Å²) < 4.78 is 10.4. The Kier molecular flexibility index (Phi) is 9.28. The summed E-state index contributed by atoms with van der Waals surface area (Å²) in [4.78, 5) is 0. The van der Waals surface area contributed by atoms with Crippen LogP contribution in [0.5, 0.6) is 0 Å². The van der Waals surface area contributed by atoms with Gasteiger partial charge in [0.2, 0.25) is 0 Å². The first kappa shape index (κ1) is 14.3. The zero-order valence-corrected chi connectivity index (χ0v) is 11.2. The average molecular weight is 247 g/mol. The molecule has 1 N–H and O–H groups in total. The van der Waals surface area contributed by atoms with Crippen molar-refractivity contribution in [3.63, 3.8) is 0 Å². The highest BCUT2D eigenvalue weighted by atomic mass is 32.2. The molecule has 96 valence electrons. The van der Waals surface area contributed by atoms with Gasteiger partial charge in [0.1, 0.15) is 0 Å². The standard InChI is InChI=1S/C12H25NO2S/c1-14-7-4-8-15-9-6-13-11-12-5-2-3-10-16-12/h12-13H,2-11H2,1H3. The molecule has 1 rings (SSSR count). The number of rotatable bonds is 9. The van der Waals surface area contributed by atoms with Gasteiger partial charge < -0.3 is 14.8 Å². The molecule has 1 fully saturated rings. The second kappa shape index (κ2) is 10.4. The number of hydrogen-bond acceptors (Lipinski definition) is 4. The van der Waals surface area contributed by atoms with Crippen LogP contribution >= 0.6 is 11.8 Å². The molecule has 1 unspecified atom stereocenters. The Balaban J connectivity index is 1.77. The van der Waals surface area contributed by atoms with Gasteiger partial charge in [-0.3, -0.25) is 0 Å². The molecule has 0 spiro atoms. The quantitative estimate of drug-likeness (QED) is 0.631. The molecule has 16 heavy (non-hydrogen) atoms. The van der Waals surface area contributed by atoms with E-state index >= 15 is 0 Å². The Hall–Kier alpha value is 0.230. The molecular formula is C12H25NO2S. The van der Waals surface area contributed by atoms with E-state index < -0.39 is 0 Å². The van der Waals surface area contributed by atoms with Gasteiger partial charge in [0.15, 0.2) is 0 Å². The van der Waals surface area contributed by atoms with Gasteiger partial charge in [-0.15, -0.1) is 0 Å². The molecule has 3 nitrogen and oxygen atoms in total. The lowest BCUT2D eigenvalue weighted by Crippen LogP contribution is -2.29. The van der Waals surface area contributed by atoms with Crippen LogP contribution in [0.25, 0.3) is 0 Å². The van der Waals surface area contributed by atoms with E-state index in [1.54, 1.807) is 7.11 Å². The molecule has 0 saturated carbocycles. The van der Waals surface area contributed by atoms with E-state index in [-0.39, 0.29) is 0 Å². The van der Waals surface area contributed by atoms with Gasteiger partial charge in [0.05, 0.1) is 6.61 Å². The van der Waals surface area contributed by atoms with Crippen molar-refractivity contribution in [2.24, 2.45) is 0 Å². The van der Waals surface area contributed by atoms with Gasteiger partial charge >= 0.3 is 0 Å². The number of thioether (sulfide) groups is 1.